The van der Waals surface area contributed by atoms with Crippen LogP contribution in [-0.2, 0) is 17.6 Å². The standard InChI is InChI=1S/C26H24N4OS2/c1-16-12-17(2)29-25(21(16)14-27)32-11-10-24(31)30-26-22(15-28)20-9-8-19(13-23(20)33-26)18-6-4-3-5-7-18/h3-7,12,19H,8-11,13H2,1-2H3,(H,30,31). The van der Waals surface area contributed by atoms with Crippen molar-refractivity contribution in [3.05, 3.63) is 74.8 Å². The van der Waals surface area contributed by atoms with Crippen molar-refractivity contribution >= 4 is 34.0 Å². The number of nitrogens with zero attached hydrogens (tertiary/aromatic N) is 3. The lowest BCUT2D eigenvalue weighted by Gasteiger charge is -2.22. The van der Waals surface area contributed by atoms with Gasteiger partial charge in [0.2, 0.25) is 5.91 Å². The molecule has 0 saturated carbocycles. The van der Waals surface area contributed by atoms with Gasteiger partial charge in [-0.1, -0.05) is 30.3 Å². The summed E-state index contributed by atoms with van der Waals surface area (Å²) in [6.45, 7) is 3.80. The van der Waals surface area contributed by atoms with Crippen LogP contribution in [0.2, 0.25) is 0 Å². The molecule has 0 bridgehead atoms. The van der Waals surface area contributed by atoms with Crippen LogP contribution in [0, 0.1) is 36.5 Å². The minimum Gasteiger partial charge on any atom is -0.317 e. The van der Waals surface area contributed by atoms with Gasteiger partial charge in [0.15, 0.2) is 0 Å². The monoisotopic (exact) mass is 472 g/mol. The Morgan fingerprint density at radius 2 is 1.97 bits per heavy atom. The molecule has 0 spiro atoms. The molecule has 0 radical (unpaired) electrons. The molecule has 1 unspecified atom stereocenters. The topological polar surface area (TPSA) is 89.6 Å². The molecule has 1 aliphatic rings. The largest absolute Gasteiger partial charge is 0.317 e. The minimum atomic E-state index is -0.125. The van der Waals surface area contributed by atoms with Gasteiger partial charge in [-0.05, 0) is 61.8 Å². The summed E-state index contributed by atoms with van der Waals surface area (Å²) in [7, 11) is 0. The number of hydrogen-bond acceptors (Lipinski definition) is 6. The Kier molecular flexibility index (Phi) is 7.13. The highest BCUT2D eigenvalue weighted by atomic mass is 32.2. The van der Waals surface area contributed by atoms with E-state index in [0.29, 0.717) is 32.8 Å². The normalized spacial score (nSPS) is 14.7. The number of rotatable bonds is 6. The quantitative estimate of drug-likeness (QED) is 0.451. The molecule has 1 amide bonds. The first kappa shape index (κ1) is 23.0. The Balaban J connectivity index is 1.41. The summed E-state index contributed by atoms with van der Waals surface area (Å²) >= 11 is 2.95. The zero-order valence-electron chi connectivity index (χ0n) is 18.6. The first-order valence-electron chi connectivity index (χ1n) is 10.9. The smallest absolute Gasteiger partial charge is 0.225 e. The van der Waals surface area contributed by atoms with Gasteiger partial charge in [-0.2, -0.15) is 10.5 Å². The van der Waals surface area contributed by atoms with E-state index in [0.717, 1.165) is 36.1 Å². The maximum absolute atomic E-state index is 12.6. The summed E-state index contributed by atoms with van der Waals surface area (Å²) < 4.78 is 0. The van der Waals surface area contributed by atoms with Gasteiger partial charge in [0.05, 0.1) is 11.1 Å². The number of hydrogen-bond donors (Lipinski definition) is 1. The predicted molar refractivity (Wildman–Crippen MR) is 133 cm³/mol. The third kappa shape index (κ3) is 5.11. The fourth-order valence-electron chi connectivity index (χ4n) is 4.27. The van der Waals surface area contributed by atoms with Crippen LogP contribution in [0.5, 0.6) is 0 Å². The molecule has 0 aliphatic heterocycles. The van der Waals surface area contributed by atoms with Crippen LogP contribution in [0.25, 0.3) is 0 Å². The number of nitrogens with one attached hydrogen (secondary N) is 1. The van der Waals surface area contributed by atoms with Gasteiger partial charge in [0, 0.05) is 22.7 Å². The second-order valence-electron chi connectivity index (χ2n) is 8.19. The van der Waals surface area contributed by atoms with Crippen molar-refractivity contribution in [2.24, 2.45) is 0 Å². The number of aromatic nitrogens is 1. The Morgan fingerprint density at radius 1 is 1.21 bits per heavy atom. The third-order valence-corrected chi connectivity index (χ3v) is 8.04. The first-order chi connectivity index (χ1) is 16.0. The molecule has 2 heterocycles. The number of benzene rings is 1. The van der Waals surface area contributed by atoms with E-state index in [-0.39, 0.29) is 12.3 Å². The van der Waals surface area contributed by atoms with Crippen molar-refractivity contribution in [3.63, 3.8) is 0 Å². The van der Waals surface area contributed by atoms with Crippen molar-refractivity contribution < 1.29 is 4.79 Å². The summed E-state index contributed by atoms with van der Waals surface area (Å²) in [5.41, 5.74) is 5.36. The molecule has 1 aliphatic carbocycles. The van der Waals surface area contributed by atoms with Crippen molar-refractivity contribution in [2.75, 3.05) is 11.1 Å². The molecule has 4 rings (SSSR count). The van der Waals surface area contributed by atoms with Crippen molar-refractivity contribution in [1.82, 2.24) is 4.98 Å². The summed E-state index contributed by atoms with van der Waals surface area (Å²) in [4.78, 5) is 18.3. The number of nitriles is 2. The summed E-state index contributed by atoms with van der Waals surface area (Å²) in [6.07, 6.45) is 3.05. The molecule has 33 heavy (non-hydrogen) atoms. The number of thioether (sulfide) groups is 1. The van der Waals surface area contributed by atoms with E-state index in [1.54, 1.807) is 0 Å². The van der Waals surface area contributed by atoms with Gasteiger partial charge >= 0.3 is 0 Å². The molecule has 0 saturated heterocycles. The van der Waals surface area contributed by atoms with E-state index in [1.165, 1.54) is 33.5 Å². The van der Waals surface area contributed by atoms with Crippen LogP contribution in [0.15, 0.2) is 41.4 Å². The molecule has 2 aromatic heterocycles. The lowest BCUT2D eigenvalue weighted by molar-refractivity contribution is -0.115. The van der Waals surface area contributed by atoms with E-state index in [9.17, 15) is 15.3 Å². The van der Waals surface area contributed by atoms with E-state index in [4.69, 9.17) is 0 Å². The third-order valence-electron chi connectivity index (χ3n) is 5.89. The summed E-state index contributed by atoms with van der Waals surface area (Å²) in [5, 5.41) is 23.5. The molecular formula is C26H24N4OS2. The zero-order valence-corrected chi connectivity index (χ0v) is 20.3. The number of aryl methyl sites for hydroxylation is 2. The number of thiophene rings is 1. The number of carbonyl (C=O) groups is 1. The van der Waals surface area contributed by atoms with Gasteiger partial charge in [0.1, 0.15) is 22.2 Å². The van der Waals surface area contributed by atoms with Gasteiger partial charge in [-0.25, -0.2) is 4.98 Å². The average Bonchev–Trinajstić information content (AvgIpc) is 3.15. The number of anilines is 1. The zero-order chi connectivity index (χ0) is 23.4. The van der Waals surface area contributed by atoms with Crippen LogP contribution in [-0.4, -0.2) is 16.6 Å². The average molecular weight is 473 g/mol. The molecular weight excluding hydrogens is 448 g/mol. The first-order valence-corrected chi connectivity index (χ1v) is 12.7. The van der Waals surface area contributed by atoms with E-state index < -0.39 is 0 Å². The number of carbonyl (C=O) groups excluding carboxylic acids is 1. The van der Waals surface area contributed by atoms with E-state index in [2.05, 4.69) is 46.7 Å². The van der Waals surface area contributed by atoms with Gasteiger partial charge in [-0.15, -0.1) is 23.1 Å². The van der Waals surface area contributed by atoms with Crippen LogP contribution >= 0.6 is 23.1 Å². The number of amides is 1. The fourth-order valence-corrected chi connectivity index (χ4v) is 6.61. The Bertz CT molecular complexity index is 1270. The molecule has 5 nitrogen and oxygen atoms in total. The van der Waals surface area contributed by atoms with Crippen molar-refractivity contribution in [2.45, 2.75) is 50.5 Å². The van der Waals surface area contributed by atoms with Crippen molar-refractivity contribution in [1.29, 1.82) is 10.5 Å². The molecule has 1 atom stereocenters. The van der Waals surface area contributed by atoms with Crippen LogP contribution in [0.4, 0.5) is 5.00 Å². The Labute approximate surface area is 202 Å². The maximum atomic E-state index is 12.6. The second kappa shape index (κ2) is 10.2. The van der Waals surface area contributed by atoms with Gasteiger partial charge < -0.3 is 5.32 Å². The predicted octanol–water partition coefficient (Wildman–Crippen LogP) is 5.90. The molecule has 166 valence electrons. The van der Waals surface area contributed by atoms with E-state index >= 15 is 0 Å². The van der Waals surface area contributed by atoms with Gasteiger partial charge in [0.25, 0.3) is 0 Å². The highest BCUT2D eigenvalue weighted by Crippen LogP contribution is 2.42. The fraction of sp³-hybridized carbons (Fsp3) is 0.308. The highest BCUT2D eigenvalue weighted by molar-refractivity contribution is 7.99. The molecule has 1 aromatic carbocycles. The Morgan fingerprint density at radius 3 is 2.70 bits per heavy atom. The summed E-state index contributed by atoms with van der Waals surface area (Å²) in [6, 6.07) is 16.9. The lowest BCUT2D eigenvalue weighted by atomic mass is 9.83. The molecule has 3 aromatic rings. The Hall–Kier alpha value is -3.13. The molecule has 1 N–H and O–H groups in total. The second-order valence-corrected chi connectivity index (χ2v) is 10.4. The molecule has 7 heteroatoms. The van der Waals surface area contributed by atoms with Crippen LogP contribution in [0.3, 0.4) is 0 Å². The molecule has 0 fully saturated rings. The summed E-state index contributed by atoms with van der Waals surface area (Å²) in [5.74, 6) is 0.836. The lowest BCUT2D eigenvalue weighted by Crippen LogP contribution is -2.13. The van der Waals surface area contributed by atoms with E-state index in [1.807, 2.05) is 26.0 Å². The van der Waals surface area contributed by atoms with Crippen LogP contribution in [0.1, 0.15) is 57.1 Å². The minimum absolute atomic E-state index is 0.125. The SMILES string of the molecule is Cc1cc(C)c(C#N)c(SCCC(=O)Nc2sc3c(c2C#N)CCC(c2ccccc2)C3)n1. The number of pyridine rings is 1. The number of fused-ring (bicyclic) bond motifs is 1. The van der Waals surface area contributed by atoms with Crippen LogP contribution < -0.4 is 5.32 Å². The van der Waals surface area contributed by atoms with Crippen molar-refractivity contribution in [3.8, 4) is 12.1 Å². The van der Waals surface area contributed by atoms with Gasteiger partial charge in [-0.3, -0.25) is 4.79 Å². The highest BCUT2D eigenvalue weighted by Gasteiger charge is 2.27. The maximum Gasteiger partial charge on any atom is 0.225 e.